The van der Waals surface area contributed by atoms with Crippen molar-refractivity contribution in [2.45, 2.75) is 13.5 Å². The molecule has 6 nitrogen and oxygen atoms in total. The highest BCUT2D eigenvalue weighted by molar-refractivity contribution is 5.94. The molecule has 1 aromatic heterocycles. The Morgan fingerprint density at radius 1 is 1.21 bits per heavy atom. The molecule has 0 bridgehead atoms. The predicted octanol–water partition coefficient (Wildman–Crippen LogP) is 2.98. The zero-order chi connectivity index (χ0) is 16.9. The molecule has 2 aromatic carbocycles. The number of nitrogens with zero attached hydrogens (tertiary/aromatic N) is 2. The summed E-state index contributed by atoms with van der Waals surface area (Å²) in [7, 11) is 1.56. The van der Waals surface area contributed by atoms with Crippen molar-refractivity contribution in [2.75, 3.05) is 7.11 Å². The van der Waals surface area contributed by atoms with E-state index in [1.165, 1.54) is 0 Å². The second kappa shape index (κ2) is 6.95. The van der Waals surface area contributed by atoms with Gasteiger partial charge in [-0.1, -0.05) is 35.0 Å². The van der Waals surface area contributed by atoms with Gasteiger partial charge in [0.05, 0.1) is 13.7 Å². The fourth-order valence-electron chi connectivity index (χ4n) is 2.25. The van der Waals surface area contributed by atoms with E-state index in [0.29, 0.717) is 23.0 Å². The van der Waals surface area contributed by atoms with Crippen LogP contribution in [-0.4, -0.2) is 23.2 Å². The topological polar surface area (TPSA) is 77.2 Å². The largest absolute Gasteiger partial charge is 0.497 e. The Kier molecular flexibility index (Phi) is 4.56. The van der Waals surface area contributed by atoms with Crippen LogP contribution in [0.1, 0.15) is 21.8 Å². The van der Waals surface area contributed by atoms with Gasteiger partial charge in [-0.05, 0) is 31.2 Å². The molecule has 3 aromatic rings. The summed E-state index contributed by atoms with van der Waals surface area (Å²) in [6.07, 6.45) is 0. The number of methoxy groups -OCH3 is 1. The van der Waals surface area contributed by atoms with Gasteiger partial charge in [0, 0.05) is 11.1 Å². The SMILES string of the molecule is COc1cccc(C(=O)NCc2nc(-c3cccc(C)c3)no2)c1. The molecule has 0 radical (unpaired) electrons. The van der Waals surface area contributed by atoms with Crippen LogP contribution < -0.4 is 10.1 Å². The van der Waals surface area contributed by atoms with Crippen molar-refractivity contribution in [1.82, 2.24) is 15.5 Å². The third kappa shape index (κ3) is 3.60. The van der Waals surface area contributed by atoms with Crippen molar-refractivity contribution >= 4 is 5.91 Å². The summed E-state index contributed by atoms with van der Waals surface area (Å²) in [6.45, 7) is 2.16. The maximum atomic E-state index is 12.2. The van der Waals surface area contributed by atoms with Crippen LogP contribution in [0.5, 0.6) is 5.75 Å². The van der Waals surface area contributed by atoms with E-state index in [2.05, 4.69) is 15.5 Å². The number of hydrogen-bond donors (Lipinski definition) is 1. The first kappa shape index (κ1) is 15.7. The van der Waals surface area contributed by atoms with Gasteiger partial charge in [0.1, 0.15) is 5.75 Å². The molecule has 0 unspecified atom stereocenters. The van der Waals surface area contributed by atoms with Crippen LogP contribution in [0.4, 0.5) is 0 Å². The van der Waals surface area contributed by atoms with E-state index in [4.69, 9.17) is 9.26 Å². The first-order valence-electron chi connectivity index (χ1n) is 7.47. The number of ether oxygens (including phenoxy) is 1. The number of amides is 1. The molecule has 0 saturated heterocycles. The molecule has 0 atom stereocenters. The number of benzene rings is 2. The lowest BCUT2D eigenvalue weighted by Crippen LogP contribution is -2.22. The first-order valence-corrected chi connectivity index (χ1v) is 7.47. The summed E-state index contributed by atoms with van der Waals surface area (Å²) in [6, 6.07) is 14.7. The monoisotopic (exact) mass is 323 g/mol. The maximum Gasteiger partial charge on any atom is 0.251 e. The van der Waals surface area contributed by atoms with E-state index in [1.807, 2.05) is 31.2 Å². The quantitative estimate of drug-likeness (QED) is 0.781. The van der Waals surface area contributed by atoms with Gasteiger partial charge in [0.2, 0.25) is 11.7 Å². The Morgan fingerprint density at radius 2 is 2.04 bits per heavy atom. The molecule has 1 heterocycles. The molecule has 122 valence electrons. The van der Waals surface area contributed by atoms with Gasteiger partial charge in [-0.3, -0.25) is 4.79 Å². The van der Waals surface area contributed by atoms with Gasteiger partial charge in [-0.25, -0.2) is 0 Å². The summed E-state index contributed by atoms with van der Waals surface area (Å²) in [5.41, 5.74) is 2.50. The maximum absolute atomic E-state index is 12.2. The Bertz CT molecular complexity index is 858. The number of aryl methyl sites for hydroxylation is 1. The van der Waals surface area contributed by atoms with Crippen molar-refractivity contribution in [3.05, 3.63) is 65.5 Å². The van der Waals surface area contributed by atoms with Crippen LogP contribution in [0.25, 0.3) is 11.4 Å². The number of nitrogens with one attached hydrogen (secondary N) is 1. The lowest BCUT2D eigenvalue weighted by Gasteiger charge is -2.04. The van der Waals surface area contributed by atoms with Crippen LogP contribution in [0.15, 0.2) is 53.1 Å². The summed E-state index contributed by atoms with van der Waals surface area (Å²) in [5.74, 6) is 1.25. The Labute approximate surface area is 139 Å². The van der Waals surface area contributed by atoms with Crippen LogP contribution in [0, 0.1) is 6.92 Å². The van der Waals surface area contributed by atoms with Crippen molar-refractivity contribution in [2.24, 2.45) is 0 Å². The fraction of sp³-hybridized carbons (Fsp3) is 0.167. The number of hydrogen-bond acceptors (Lipinski definition) is 5. The average molecular weight is 323 g/mol. The number of carbonyl (C=O) groups excluding carboxylic acids is 1. The lowest BCUT2D eigenvalue weighted by molar-refractivity contribution is 0.0946. The van der Waals surface area contributed by atoms with E-state index in [0.717, 1.165) is 11.1 Å². The minimum Gasteiger partial charge on any atom is -0.497 e. The van der Waals surface area contributed by atoms with Gasteiger partial charge in [-0.2, -0.15) is 4.98 Å². The van der Waals surface area contributed by atoms with Crippen molar-refractivity contribution in [3.63, 3.8) is 0 Å². The van der Waals surface area contributed by atoms with E-state index in [-0.39, 0.29) is 12.5 Å². The number of carbonyl (C=O) groups is 1. The molecule has 0 saturated carbocycles. The van der Waals surface area contributed by atoms with E-state index < -0.39 is 0 Å². The molecule has 6 heteroatoms. The summed E-state index contributed by atoms with van der Waals surface area (Å²) < 4.78 is 10.3. The highest BCUT2D eigenvalue weighted by Gasteiger charge is 2.11. The molecule has 0 fully saturated rings. The second-order valence-electron chi connectivity index (χ2n) is 5.30. The normalized spacial score (nSPS) is 10.4. The Hall–Kier alpha value is -3.15. The highest BCUT2D eigenvalue weighted by Crippen LogP contribution is 2.17. The van der Waals surface area contributed by atoms with Crippen molar-refractivity contribution < 1.29 is 14.1 Å². The van der Waals surface area contributed by atoms with Gasteiger partial charge in [0.15, 0.2) is 0 Å². The van der Waals surface area contributed by atoms with Crippen molar-refractivity contribution in [1.29, 1.82) is 0 Å². The molecular formula is C18H17N3O3. The number of aromatic nitrogens is 2. The predicted molar refractivity (Wildman–Crippen MR) is 88.6 cm³/mol. The first-order chi connectivity index (χ1) is 11.7. The van der Waals surface area contributed by atoms with Gasteiger partial charge < -0.3 is 14.6 Å². The lowest BCUT2D eigenvalue weighted by atomic mass is 10.1. The molecule has 0 spiro atoms. The smallest absolute Gasteiger partial charge is 0.251 e. The van der Waals surface area contributed by atoms with Gasteiger partial charge >= 0.3 is 0 Å². The van der Waals surface area contributed by atoms with Crippen LogP contribution in [-0.2, 0) is 6.54 Å². The fourth-order valence-corrected chi connectivity index (χ4v) is 2.25. The third-order valence-corrected chi connectivity index (χ3v) is 3.48. The molecule has 0 aliphatic heterocycles. The van der Waals surface area contributed by atoms with E-state index in [9.17, 15) is 4.79 Å². The molecule has 24 heavy (non-hydrogen) atoms. The van der Waals surface area contributed by atoms with Crippen LogP contribution in [0.3, 0.4) is 0 Å². The zero-order valence-corrected chi connectivity index (χ0v) is 13.4. The second-order valence-corrected chi connectivity index (χ2v) is 5.30. The molecule has 3 rings (SSSR count). The van der Waals surface area contributed by atoms with Crippen molar-refractivity contribution in [3.8, 4) is 17.1 Å². The Balaban J connectivity index is 1.66. The van der Waals surface area contributed by atoms with E-state index >= 15 is 0 Å². The van der Waals surface area contributed by atoms with Crippen LogP contribution in [0.2, 0.25) is 0 Å². The van der Waals surface area contributed by atoms with E-state index in [1.54, 1.807) is 31.4 Å². The minimum absolute atomic E-state index is 0.162. The summed E-state index contributed by atoms with van der Waals surface area (Å²) >= 11 is 0. The minimum atomic E-state index is -0.232. The molecule has 0 aliphatic carbocycles. The molecule has 1 amide bonds. The number of rotatable bonds is 5. The average Bonchev–Trinajstić information content (AvgIpc) is 3.09. The molecule has 1 N–H and O–H groups in total. The standard InChI is InChI=1S/C18H17N3O3/c1-12-5-3-6-13(9-12)17-20-16(24-21-17)11-19-18(22)14-7-4-8-15(10-14)23-2/h3-10H,11H2,1-2H3,(H,19,22). The van der Waals surface area contributed by atoms with Crippen LogP contribution >= 0.6 is 0 Å². The summed E-state index contributed by atoms with van der Waals surface area (Å²) in [5, 5.41) is 6.70. The molecular weight excluding hydrogens is 306 g/mol. The highest BCUT2D eigenvalue weighted by atomic mass is 16.5. The zero-order valence-electron chi connectivity index (χ0n) is 13.4. The third-order valence-electron chi connectivity index (χ3n) is 3.48. The summed E-state index contributed by atoms with van der Waals surface area (Å²) in [4.78, 5) is 16.5. The Morgan fingerprint density at radius 3 is 2.83 bits per heavy atom. The van der Waals surface area contributed by atoms with Gasteiger partial charge in [-0.15, -0.1) is 0 Å². The van der Waals surface area contributed by atoms with Gasteiger partial charge in [0.25, 0.3) is 5.91 Å². The molecule has 0 aliphatic rings.